The maximum atomic E-state index is 11.7. The molecule has 0 bridgehead atoms. The minimum Gasteiger partial charge on any atom is -0.469 e. The van der Waals surface area contributed by atoms with Crippen LogP contribution in [-0.2, 0) is 20.7 Å². The SMILES string of the molecule is CCc1ccc(C(C)C(=O)OC)c(C(=O)OC)c1. The van der Waals surface area contributed by atoms with Gasteiger partial charge in [-0.25, -0.2) is 4.79 Å². The van der Waals surface area contributed by atoms with Crippen molar-refractivity contribution in [3.8, 4) is 0 Å². The summed E-state index contributed by atoms with van der Waals surface area (Å²) in [6, 6.07) is 5.45. The Morgan fingerprint density at radius 1 is 1.22 bits per heavy atom. The molecule has 0 heterocycles. The van der Waals surface area contributed by atoms with E-state index in [0.717, 1.165) is 12.0 Å². The van der Waals surface area contributed by atoms with Gasteiger partial charge >= 0.3 is 11.9 Å². The van der Waals surface area contributed by atoms with E-state index in [1.165, 1.54) is 14.2 Å². The molecule has 18 heavy (non-hydrogen) atoms. The van der Waals surface area contributed by atoms with Crippen molar-refractivity contribution in [2.75, 3.05) is 14.2 Å². The molecule has 0 saturated carbocycles. The molecule has 0 N–H and O–H groups in total. The van der Waals surface area contributed by atoms with Gasteiger partial charge in [-0.1, -0.05) is 19.1 Å². The molecule has 0 aliphatic heterocycles. The Labute approximate surface area is 107 Å². The van der Waals surface area contributed by atoms with Crippen molar-refractivity contribution in [2.45, 2.75) is 26.2 Å². The van der Waals surface area contributed by atoms with E-state index in [2.05, 4.69) is 0 Å². The van der Waals surface area contributed by atoms with Gasteiger partial charge in [-0.3, -0.25) is 4.79 Å². The van der Waals surface area contributed by atoms with Crippen molar-refractivity contribution in [1.82, 2.24) is 0 Å². The molecule has 0 fully saturated rings. The number of esters is 2. The minimum absolute atomic E-state index is 0.371. The Bertz CT molecular complexity index is 451. The molecule has 4 nitrogen and oxygen atoms in total. The first-order valence-electron chi connectivity index (χ1n) is 5.84. The quantitative estimate of drug-likeness (QED) is 0.769. The van der Waals surface area contributed by atoms with Gasteiger partial charge in [-0.05, 0) is 30.5 Å². The number of carbonyl (C=O) groups is 2. The maximum absolute atomic E-state index is 11.7. The summed E-state index contributed by atoms with van der Waals surface area (Å²) in [5.74, 6) is -1.30. The molecule has 1 unspecified atom stereocenters. The van der Waals surface area contributed by atoms with E-state index in [0.29, 0.717) is 11.1 Å². The molecule has 1 atom stereocenters. The first-order chi connectivity index (χ1) is 8.54. The van der Waals surface area contributed by atoms with E-state index in [9.17, 15) is 9.59 Å². The van der Waals surface area contributed by atoms with Gasteiger partial charge in [0.1, 0.15) is 0 Å². The third-order valence-corrected chi connectivity index (χ3v) is 2.95. The van der Waals surface area contributed by atoms with Gasteiger partial charge in [0.25, 0.3) is 0 Å². The summed E-state index contributed by atoms with van der Waals surface area (Å²) in [5.41, 5.74) is 2.08. The highest BCUT2D eigenvalue weighted by Crippen LogP contribution is 2.23. The van der Waals surface area contributed by atoms with Crippen molar-refractivity contribution < 1.29 is 19.1 Å². The summed E-state index contributed by atoms with van der Waals surface area (Å²) >= 11 is 0. The summed E-state index contributed by atoms with van der Waals surface area (Å²) in [7, 11) is 2.66. The van der Waals surface area contributed by atoms with Crippen molar-refractivity contribution in [3.05, 3.63) is 34.9 Å². The maximum Gasteiger partial charge on any atom is 0.338 e. The normalized spacial score (nSPS) is 11.8. The zero-order chi connectivity index (χ0) is 13.7. The fraction of sp³-hybridized carbons (Fsp3) is 0.429. The Balaban J connectivity index is 3.25. The van der Waals surface area contributed by atoms with Gasteiger partial charge in [0.15, 0.2) is 0 Å². The number of rotatable bonds is 4. The zero-order valence-electron chi connectivity index (χ0n) is 11.1. The van der Waals surface area contributed by atoms with Crippen molar-refractivity contribution in [3.63, 3.8) is 0 Å². The van der Waals surface area contributed by atoms with Crippen LogP contribution < -0.4 is 0 Å². The van der Waals surface area contributed by atoms with E-state index in [-0.39, 0.29) is 5.97 Å². The summed E-state index contributed by atoms with van der Waals surface area (Å²) in [5, 5.41) is 0. The zero-order valence-corrected chi connectivity index (χ0v) is 11.1. The van der Waals surface area contributed by atoms with Gasteiger partial charge in [-0.15, -0.1) is 0 Å². The van der Waals surface area contributed by atoms with Crippen LogP contribution in [0.3, 0.4) is 0 Å². The van der Waals surface area contributed by atoms with Crippen LogP contribution in [0.15, 0.2) is 18.2 Å². The molecule has 1 rings (SSSR count). The molecular weight excluding hydrogens is 232 g/mol. The number of ether oxygens (including phenoxy) is 2. The second-order valence-electron chi connectivity index (χ2n) is 4.01. The highest BCUT2D eigenvalue weighted by atomic mass is 16.5. The van der Waals surface area contributed by atoms with Crippen LogP contribution in [0.4, 0.5) is 0 Å². The highest BCUT2D eigenvalue weighted by molar-refractivity contribution is 5.93. The summed E-state index contributed by atoms with van der Waals surface area (Å²) in [4.78, 5) is 23.3. The molecule has 98 valence electrons. The molecule has 1 aromatic carbocycles. The molecule has 0 saturated heterocycles. The Morgan fingerprint density at radius 3 is 2.39 bits per heavy atom. The number of aryl methyl sites for hydroxylation is 1. The van der Waals surface area contributed by atoms with E-state index < -0.39 is 11.9 Å². The molecular formula is C14H18O4. The van der Waals surface area contributed by atoms with Crippen LogP contribution in [-0.4, -0.2) is 26.2 Å². The molecule has 0 amide bonds. The predicted octanol–water partition coefficient (Wildman–Crippen LogP) is 2.31. The first kappa shape index (κ1) is 14.2. The summed E-state index contributed by atoms with van der Waals surface area (Å²) in [6.07, 6.45) is 0.816. The second-order valence-corrected chi connectivity index (χ2v) is 4.01. The molecule has 0 aliphatic carbocycles. The van der Waals surface area contributed by atoms with E-state index in [4.69, 9.17) is 9.47 Å². The van der Waals surface area contributed by atoms with Gasteiger partial charge in [0.2, 0.25) is 0 Å². The van der Waals surface area contributed by atoms with Crippen molar-refractivity contribution in [1.29, 1.82) is 0 Å². The summed E-state index contributed by atoms with van der Waals surface area (Å²) < 4.78 is 9.45. The van der Waals surface area contributed by atoms with Crippen LogP contribution in [0.5, 0.6) is 0 Å². The van der Waals surface area contributed by atoms with Crippen LogP contribution >= 0.6 is 0 Å². The van der Waals surface area contributed by atoms with E-state index >= 15 is 0 Å². The van der Waals surface area contributed by atoms with Gasteiger partial charge < -0.3 is 9.47 Å². The Kier molecular flexibility index (Phi) is 4.89. The Morgan fingerprint density at radius 2 is 1.89 bits per heavy atom. The van der Waals surface area contributed by atoms with Crippen LogP contribution in [0.2, 0.25) is 0 Å². The van der Waals surface area contributed by atoms with Gasteiger partial charge in [0, 0.05) is 0 Å². The molecule has 1 aromatic rings. The largest absolute Gasteiger partial charge is 0.469 e. The molecule has 0 aromatic heterocycles. The molecule has 0 aliphatic rings. The second kappa shape index (κ2) is 6.19. The smallest absolute Gasteiger partial charge is 0.338 e. The number of carbonyl (C=O) groups excluding carboxylic acids is 2. The Hall–Kier alpha value is -1.84. The van der Waals surface area contributed by atoms with Crippen LogP contribution in [0.25, 0.3) is 0 Å². The highest BCUT2D eigenvalue weighted by Gasteiger charge is 2.22. The monoisotopic (exact) mass is 250 g/mol. The third kappa shape index (κ3) is 2.88. The fourth-order valence-electron chi connectivity index (χ4n) is 1.79. The lowest BCUT2D eigenvalue weighted by molar-refractivity contribution is -0.141. The van der Waals surface area contributed by atoms with E-state index in [1.54, 1.807) is 19.1 Å². The lowest BCUT2D eigenvalue weighted by Crippen LogP contribution is -2.16. The third-order valence-electron chi connectivity index (χ3n) is 2.95. The number of hydrogen-bond acceptors (Lipinski definition) is 4. The van der Waals surface area contributed by atoms with Crippen LogP contribution in [0, 0.1) is 0 Å². The lowest BCUT2D eigenvalue weighted by atomic mass is 9.93. The summed E-state index contributed by atoms with van der Waals surface area (Å²) in [6.45, 7) is 3.71. The predicted molar refractivity (Wildman–Crippen MR) is 67.6 cm³/mol. The topological polar surface area (TPSA) is 52.6 Å². The van der Waals surface area contributed by atoms with Crippen molar-refractivity contribution >= 4 is 11.9 Å². The molecule has 4 heteroatoms. The van der Waals surface area contributed by atoms with Crippen LogP contribution in [0.1, 0.15) is 41.3 Å². The average Bonchev–Trinajstić information content (AvgIpc) is 2.43. The number of methoxy groups -OCH3 is 2. The van der Waals surface area contributed by atoms with Gasteiger partial charge in [-0.2, -0.15) is 0 Å². The van der Waals surface area contributed by atoms with E-state index in [1.807, 2.05) is 13.0 Å². The molecule has 0 radical (unpaired) electrons. The van der Waals surface area contributed by atoms with Gasteiger partial charge in [0.05, 0.1) is 25.7 Å². The number of benzene rings is 1. The standard InChI is InChI=1S/C14H18O4/c1-5-10-6-7-11(9(2)13(15)17-3)12(8-10)14(16)18-4/h6-9H,5H2,1-4H3. The first-order valence-corrected chi connectivity index (χ1v) is 5.84. The molecule has 0 spiro atoms. The average molecular weight is 250 g/mol. The number of hydrogen-bond donors (Lipinski definition) is 0. The van der Waals surface area contributed by atoms with Crippen molar-refractivity contribution in [2.24, 2.45) is 0 Å². The lowest BCUT2D eigenvalue weighted by Gasteiger charge is -2.14. The fourth-order valence-corrected chi connectivity index (χ4v) is 1.79. The minimum atomic E-state index is -0.491.